The number of hydrogen-bond acceptors (Lipinski definition) is 6. The summed E-state index contributed by atoms with van der Waals surface area (Å²) in [6, 6.07) is 12.7. The molecule has 0 radical (unpaired) electrons. The number of fused-ring (bicyclic) bond motifs is 1. The van der Waals surface area contributed by atoms with Gasteiger partial charge in [-0.3, -0.25) is 9.10 Å². The molecule has 0 fully saturated rings. The topological polar surface area (TPSA) is 94.2 Å². The molecule has 0 bridgehead atoms. The normalized spacial score (nSPS) is 12.5. The van der Waals surface area contributed by atoms with Gasteiger partial charge < -0.3 is 19.5 Å². The molecule has 1 aliphatic rings. The second-order valence-corrected chi connectivity index (χ2v) is 8.83. The number of rotatable bonds is 10. The molecule has 0 aliphatic carbocycles. The van der Waals surface area contributed by atoms with Gasteiger partial charge >= 0.3 is 0 Å². The summed E-state index contributed by atoms with van der Waals surface area (Å²) in [4.78, 5) is 12.1. The second-order valence-electron chi connectivity index (χ2n) is 6.92. The number of methoxy groups -OCH3 is 1. The maximum absolute atomic E-state index is 12.2. The van der Waals surface area contributed by atoms with Gasteiger partial charge in [-0.05, 0) is 42.7 Å². The van der Waals surface area contributed by atoms with Crippen molar-refractivity contribution in [3.8, 4) is 17.2 Å². The highest BCUT2D eigenvalue weighted by Crippen LogP contribution is 2.36. The van der Waals surface area contributed by atoms with Crippen LogP contribution >= 0.6 is 0 Å². The molecular formula is C21H26N2O6S. The van der Waals surface area contributed by atoms with E-state index in [-0.39, 0.29) is 25.7 Å². The number of nitrogens with zero attached hydrogens (tertiary/aromatic N) is 1. The van der Waals surface area contributed by atoms with E-state index in [9.17, 15) is 13.2 Å². The third-order valence-corrected chi connectivity index (χ3v) is 5.90. The van der Waals surface area contributed by atoms with Gasteiger partial charge in [-0.25, -0.2) is 8.42 Å². The quantitative estimate of drug-likeness (QED) is 0.617. The third-order valence-electron chi connectivity index (χ3n) is 4.70. The lowest BCUT2D eigenvalue weighted by atomic mass is 10.1. The molecule has 1 N–H and O–H groups in total. The summed E-state index contributed by atoms with van der Waals surface area (Å²) in [5, 5.41) is 2.87. The van der Waals surface area contributed by atoms with Crippen LogP contribution in [0, 0.1) is 0 Å². The highest BCUT2D eigenvalue weighted by Gasteiger charge is 2.21. The van der Waals surface area contributed by atoms with Crippen LogP contribution in [0.1, 0.15) is 18.4 Å². The van der Waals surface area contributed by atoms with Gasteiger partial charge in [0.1, 0.15) is 5.75 Å². The smallest absolute Gasteiger partial charge is 0.232 e. The molecular weight excluding hydrogens is 408 g/mol. The number of anilines is 1. The summed E-state index contributed by atoms with van der Waals surface area (Å²) in [7, 11) is -1.88. The Kier molecular flexibility index (Phi) is 7.04. The van der Waals surface area contributed by atoms with Crippen LogP contribution in [0.15, 0.2) is 42.5 Å². The third kappa shape index (κ3) is 5.79. The van der Waals surface area contributed by atoms with Crippen molar-refractivity contribution >= 4 is 21.6 Å². The van der Waals surface area contributed by atoms with E-state index in [0.29, 0.717) is 36.6 Å². The van der Waals surface area contributed by atoms with Gasteiger partial charge in [0.25, 0.3) is 0 Å². The first-order chi connectivity index (χ1) is 14.4. The number of ether oxygens (including phenoxy) is 3. The Hall–Kier alpha value is -2.94. The van der Waals surface area contributed by atoms with Crippen LogP contribution in [0.25, 0.3) is 0 Å². The summed E-state index contributed by atoms with van der Waals surface area (Å²) in [6.07, 6.45) is 2.49. The first kappa shape index (κ1) is 21.8. The number of sulfonamides is 1. The number of amides is 1. The number of benzene rings is 2. The second kappa shape index (κ2) is 9.71. The van der Waals surface area contributed by atoms with E-state index < -0.39 is 10.0 Å². The van der Waals surface area contributed by atoms with Gasteiger partial charge in [0.05, 0.1) is 19.1 Å². The molecule has 1 aliphatic heterocycles. The van der Waals surface area contributed by atoms with E-state index in [1.165, 1.54) is 4.31 Å². The van der Waals surface area contributed by atoms with Crippen molar-refractivity contribution in [1.29, 1.82) is 0 Å². The maximum Gasteiger partial charge on any atom is 0.232 e. The van der Waals surface area contributed by atoms with Crippen molar-refractivity contribution in [1.82, 2.24) is 5.32 Å². The van der Waals surface area contributed by atoms with Gasteiger partial charge in [0.15, 0.2) is 11.5 Å². The Morgan fingerprint density at radius 3 is 2.57 bits per heavy atom. The number of carbonyl (C=O) groups excluding carboxylic acids is 1. The summed E-state index contributed by atoms with van der Waals surface area (Å²) >= 11 is 0. The van der Waals surface area contributed by atoms with Crippen molar-refractivity contribution < 1.29 is 27.4 Å². The zero-order chi connectivity index (χ0) is 21.6. The lowest BCUT2D eigenvalue weighted by Gasteiger charge is -2.22. The largest absolute Gasteiger partial charge is 0.497 e. The van der Waals surface area contributed by atoms with E-state index in [2.05, 4.69) is 5.32 Å². The van der Waals surface area contributed by atoms with Crippen molar-refractivity contribution in [3.63, 3.8) is 0 Å². The Balaban J connectivity index is 1.47. The highest BCUT2D eigenvalue weighted by atomic mass is 32.2. The Morgan fingerprint density at radius 1 is 1.13 bits per heavy atom. The first-order valence-electron chi connectivity index (χ1n) is 9.64. The van der Waals surface area contributed by atoms with Crippen LogP contribution in [-0.4, -0.2) is 47.6 Å². The first-order valence-corrected chi connectivity index (χ1v) is 11.5. The standard InChI is InChI=1S/C21H26N2O6S/c1-27-18-8-5-16(6-9-18)11-12-22-21(24)4-3-13-23(30(2,25)26)17-7-10-19-20(14-17)29-15-28-19/h5-10,14H,3-4,11-13,15H2,1-2H3,(H,22,24). The van der Waals surface area contributed by atoms with Crippen LogP contribution in [0.3, 0.4) is 0 Å². The minimum atomic E-state index is -3.50. The zero-order valence-electron chi connectivity index (χ0n) is 17.1. The molecule has 9 heteroatoms. The van der Waals surface area contributed by atoms with Crippen LogP contribution in [-0.2, 0) is 21.2 Å². The van der Waals surface area contributed by atoms with Crippen LogP contribution in [0.5, 0.6) is 17.2 Å². The summed E-state index contributed by atoms with van der Waals surface area (Å²) in [5.41, 5.74) is 1.59. The van der Waals surface area contributed by atoms with E-state index in [0.717, 1.165) is 17.6 Å². The number of hydrogen-bond donors (Lipinski definition) is 1. The predicted octanol–water partition coefficient (Wildman–Crippen LogP) is 2.33. The van der Waals surface area contributed by atoms with Crippen molar-refractivity contribution in [2.75, 3.05) is 37.6 Å². The molecule has 2 aromatic rings. The summed E-state index contributed by atoms with van der Waals surface area (Å²) < 4.78 is 41.4. The van der Waals surface area contributed by atoms with Crippen LogP contribution in [0.4, 0.5) is 5.69 Å². The van der Waals surface area contributed by atoms with Crippen molar-refractivity contribution in [2.45, 2.75) is 19.3 Å². The highest BCUT2D eigenvalue weighted by molar-refractivity contribution is 7.92. The molecule has 0 unspecified atom stereocenters. The molecule has 0 aromatic heterocycles. The lowest BCUT2D eigenvalue weighted by molar-refractivity contribution is -0.121. The molecule has 162 valence electrons. The fourth-order valence-corrected chi connectivity index (χ4v) is 4.09. The number of nitrogens with one attached hydrogen (secondary N) is 1. The maximum atomic E-state index is 12.2. The molecule has 30 heavy (non-hydrogen) atoms. The average Bonchev–Trinajstić information content (AvgIpc) is 3.18. The summed E-state index contributed by atoms with van der Waals surface area (Å²) in [6.45, 7) is 0.835. The minimum Gasteiger partial charge on any atom is -0.497 e. The summed E-state index contributed by atoms with van der Waals surface area (Å²) in [5.74, 6) is 1.78. The van der Waals surface area contributed by atoms with Gasteiger partial charge in [-0.1, -0.05) is 12.1 Å². The van der Waals surface area contributed by atoms with Gasteiger partial charge in [-0.15, -0.1) is 0 Å². The minimum absolute atomic E-state index is 0.109. The van der Waals surface area contributed by atoms with Gasteiger partial charge in [-0.2, -0.15) is 0 Å². The molecule has 0 atom stereocenters. The van der Waals surface area contributed by atoms with E-state index >= 15 is 0 Å². The fraction of sp³-hybridized carbons (Fsp3) is 0.381. The van der Waals surface area contributed by atoms with Gasteiger partial charge in [0, 0.05) is 25.6 Å². The zero-order valence-corrected chi connectivity index (χ0v) is 17.9. The predicted molar refractivity (Wildman–Crippen MR) is 114 cm³/mol. The molecule has 0 spiro atoms. The number of carbonyl (C=O) groups is 1. The van der Waals surface area contributed by atoms with Crippen LogP contribution in [0.2, 0.25) is 0 Å². The average molecular weight is 435 g/mol. The lowest BCUT2D eigenvalue weighted by Crippen LogP contribution is -2.32. The molecule has 1 heterocycles. The van der Waals surface area contributed by atoms with Gasteiger partial charge in [0.2, 0.25) is 22.7 Å². The Labute approximate surface area is 176 Å². The molecule has 3 rings (SSSR count). The fourth-order valence-electron chi connectivity index (χ4n) is 3.14. The monoisotopic (exact) mass is 434 g/mol. The van der Waals surface area contributed by atoms with Crippen molar-refractivity contribution in [2.24, 2.45) is 0 Å². The molecule has 0 saturated heterocycles. The van der Waals surface area contributed by atoms with Crippen LogP contribution < -0.4 is 23.8 Å². The SMILES string of the molecule is COc1ccc(CCNC(=O)CCCN(c2ccc3c(c2)OCO3)S(C)(=O)=O)cc1. The molecule has 0 saturated carbocycles. The molecule has 1 amide bonds. The molecule has 8 nitrogen and oxygen atoms in total. The van der Waals surface area contributed by atoms with Crippen molar-refractivity contribution in [3.05, 3.63) is 48.0 Å². The molecule has 2 aromatic carbocycles. The van der Waals surface area contributed by atoms with E-state index in [1.807, 2.05) is 24.3 Å². The van der Waals surface area contributed by atoms with E-state index in [4.69, 9.17) is 14.2 Å². The van der Waals surface area contributed by atoms with E-state index in [1.54, 1.807) is 25.3 Å². The Morgan fingerprint density at radius 2 is 1.87 bits per heavy atom. The Bertz CT molecular complexity index is 975.